The van der Waals surface area contributed by atoms with Crippen LogP contribution in [-0.2, 0) is 0 Å². The zero-order chi connectivity index (χ0) is 135. The molecule has 5 heterocycles. The van der Waals surface area contributed by atoms with Gasteiger partial charge < -0.3 is 107 Å². The lowest BCUT2D eigenvalue weighted by Gasteiger charge is -2.32. The summed E-state index contributed by atoms with van der Waals surface area (Å²) in [5.41, 5.74) is 21.1. The lowest BCUT2D eigenvalue weighted by atomic mass is 9.85. The third kappa shape index (κ3) is 31.9. The first-order valence-corrected chi connectivity index (χ1v) is 33.9. The zero-order valence-corrected chi connectivity index (χ0v) is 65.0. The standard InChI is InChI=1S/5C16H27N5O2/c5*1-9-5-6-10(7-12(9)22)19-14-11(13(17)23)8-18-15(20-14)21-16(2,3)4/h5*8-10,12,22H,5-7H2,1-4H3,(H2,17,23)(H2,18,19,20,21)/i2*1D3,5D2,6D2,7D2,9D,10D,12D;1D3,5D2,6D2,7D,9D,10D,12D;1D3,5D2,7D2,9D,10D,12D;1D3,5D2,6D2,9D,10D,12D. The van der Waals surface area contributed by atoms with Crippen molar-refractivity contribution in [3.63, 3.8) is 0 Å². The van der Waals surface area contributed by atoms with Gasteiger partial charge in [-0.2, -0.15) is 24.9 Å². The highest BCUT2D eigenvalue weighted by Gasteiger charge is 2.34. The minimum Gasteiger partial charge on any atom is -0.393 e. The first-order valence-electron chi connectivity index (χ1n) is 61.5. The molecule has 35 heteroatoms. The van der Waals surface area contributed by atoms with Gasteiger partial charge in [0.1, 0.15) is 29.1 Å². The molecule has 5 saturated carbocycles. The number of amides is 5. The molecule has 10 rings (SSSR count). The summed E-state index contributed by atoms with van der Waals surface area (Å²) in [4.78, 5) is 98.9. The van der Waals surface area contributed by atoms with Crippen LogP contribution in [0.3, 0.4) is 0 Å². The molecule has 115 heavy (non-hydrogen) atoms. The van der Waals surface area contributed by atoms with Crippen LogP contribution >= 0.6 is 0 Å². The van der Waals surface area contributed by atoms with E-state index in [9.17, 15) is 49.5 Å². The molecular weight excluding hydrogens is 1470 g/mol. The highest BCUT2D eigenvalue weighted by molar-refractivity contribution is 6.00. The third-order valence-electron chi connectivity index (χ3n) is 13.3. The fourth-order valence-electron chi connectivity index (χ4n) is 8.51. The number of carbonyl (C=O) groups excluding carboxylic acids is 5. The first-order chi connectivity index (χ1) is 74.2. The van der Waals surface area contributed by atoms with E-state index in [0.717, 1.165) is 31.0 Å². The summed E-state index contributed by atoms with van der Waals surface area (Å²) in [7, 11) is 0. The molecule has 16 atom stereocenters. The lowest BCUT2D eigenvalue weighted by Crippen LogP contribution is -2.36. The fourth-order valence-corrected chi connectivity index (χ4v) is 8.51. The molecule has 0 radical (unpaired) electrons. The van der Waals surface area contributed by atoms with Crippen LogP contribution in [0.15, 0.2) is 31.0 Å². The molecule has 5 fully saturated rings. The van der Waals surface area contributed by atoms with Crippen LogP contribution in [0.1, 0.15) is 361 Å². The van der Waals surface area contributed by atoms with Crippen molar-refractivity contribution in [2.75, 3.05) is 53.2 Å². The van der Waals surface area contributed by atoms with Crippen LogP contribution in [0.2, 0.25) is 0 Å². The Bertz CT molecular complexity index is 6370. The minimum atomic E-state index is -4.22. The Morgan fingerprint density at radius 3 is 0.843 bits per heavy atom. The van der Waals surface area contributed by atoms with Crippen LogP contribution in [0.5, 0.6) is 0 Å². The highest BCUT2D eigenvalue weighted by atomic mass is 16.3. The van der Waals surface area contributed by atoms with Gasteiger partial charge in [0.2, 0.25) is 29.7 Å². The monoisotopic (exact) mass is 1660 g/mol. The van der Waals surface area contributed by atoms with Crippen molar-refractivity contribution in [1.82, 2.24) is 49.8 Å². The molecule has 16 unspecified atom stereocenters. The van der Waals surface area contributed by atoms with E-state index in [2.05, 4.69) is 92.4 Å². The van der Waals surface area contributed by atoms with Gasteiger partial charge in [0.05, 0.1) is 71.9 Å². The second-order valence-electron chi connectivity index (χ2n) is 29.5. The molecule has 5 aromatic rings. The van der Waals surface area contributed by atoms with Crippen molar-refractivity contribution in [3.05, 3.63) is 58.8 Å². The van der Waals surface area contributed by atoms with E-state index >= 15 is 0 Å². The average Bonchev–Trinajstić information content (AvgIpc) is 0.646. The Balaban J connectivity index is 0.000000322. The number of nitrogens with zero attached hydrogens (tertiary/aromatic N) is 10. The quantitative estimate of drug-likeness (QED) is 0.0346. The van der Waals surface area contributed by atoms with Gasteiger partial charge in [-0.1, -0.05) is 34.3 Å². The molecular formula is C80H135N25O10. The molecule has 5 aliphatic carbocycles. The Morgan fingerprint density at radius 2 is 0.565 bits per heavy atom. The molecule has 0 saturated heterocycles. The van der Waals surface area contributed by atoms with Gasteiger partial charge in [-0.05, 0) is 229 Å². The number of hydrogen-bond acceptors (Lipinski definition) is 30. The maximum Gasteiger partial charge on any atom is 0.254 e. The molecule has 0 aromatic carbocycles. The van der Waals surface area contributed by atoms with Gasteiger partial charge in [-0.15, -0.1) is 0 Å². The number of nitrogens with two attached hydrogens (primary N) is 5. The van der Waals surface area contributed by atoms with E-state index in [4.69, 9.17) is 104 Å². The fraction of sp³-hybridized carbons (Fsp3) is 0.688. The number of aliphatic hydroxyl groups is 5. The van der Waals surface area contributed by atoms with E-state index in [1.807, 2.05) is 10.6 Å². The van der Waals surface area contributed by atoms with Crippen LogP contribution < -0.4 is 81.8 Å². The van der Waals surface area contributed by atoms with Crippen molar-refractivity contribution in [2.45, 2.75) is 322 Å². The number of nitrogens with one attached hydrogen (secondary N) is 10. The lowest BCUT2D eigenvalue weighted by molar-refractivity contribution is 0.0737. The summed E-state index contributed by atoms with van der Waals surface area (Å²) >= 11 is 0. The zero-order valence-electron chi connectivity index (χ0n) is 120. The van der Waals surface area contributed by atoms with Gasteiger partial charge in [0, 0.05) is 150 Å². The van der Waals surface area contributed by atoms with E-state index < -0.39 is 334 Å². The van der Waals surface area contributed by atoms with E-state index in [-0.39, 0.29) is 29.7 Å². The molecule has 0 aliphatic heterocycles. The molecule has 35 nitrogen and oxygen atoms in total. The Kier molecular flexibility index (Phi) is 15.0. The number of hydrogen-bond donors (Lipinski definition) is 20. The van der Waals surface area contributed by atoms with Crippen molar-refractivity contribution < 1.29 is 125 Å². The summed E-state index contributed by atoms with van der Waals surface area (Å²) < 4.78 is 445. The van der Waals surface area contributed by atoms with Crippen LogP contribution in [0.4, 0.5) is 58.8 Å². The molecule has 5 aliphatic rings. The Morgan fingerprint density at radius 1 is 0.339 bits per heavy atom. The van der Waals surface area contributed by atoms with Crippen molar-refractivity contribution in [2.24, 2.45) is 58.1 Å². The minimum absolute atomic E-state index is 0.0588. The number of anilines is 10. The SMILES string of the molecule is [2H]C([2H])([2H])C1([2H])C([2H])(O)CC([2H])(Nc2nc(NC(C)(C)C)ncc2C(N)=O)C([2H])([2H])C1([2H])[2H].[2H]C([2H])([2H])C1([2H])C([2H])([2H])C([2H])([2H])C([2H])(Nc2nc(NC(C)(C)C)ncc2C(N)=O)C([2H])([2H])C1([2H])O.[2H]C([2H])([2H])C1([2H])C([2H])([2H])C([2H])([2H])C([2H])(Nc2nc(NC(C)(C)C)ncc2C(N)=O)C([2H])([2H])C1([2H])O.[2H]C([2H])([2H])C1([2H])C([2H])([2H])CC([2H])(Nc2nc(NC(C)(C)C)ncc2C(N)=O)C([2H])([2H])C1([2H])O.[2H]C1C([2H])(O)C([2H])(C([2H])([2H])[2H])C([2H])([2H])C([2H])([2H])C1([2H])Nc1nc(NC(C)(C)C)ncc1C(N)=O. The smallest absolute Gasteiger partial charge is 0.254 e. The molecule has 25 N–H and O–H groups in total. The summed E-state index contributed by atoms with van der Waals surface area (Å²) in [6.45, 7) is 7.32. The molecule has 5 amide bonds. The third-order valence-corrected chi connectivity index (χ3v) is 13.3. The van der Waals surface area contributed by atoms with E-state index in [1.54, 1.807) is 104 Å². The van der Waals surface area contributed by atoms with E-state index in [0.29, 0.717) is 0 Å². The molecule has 0 spiro atoms. The number of rotatable bonds is 20. The summed E-state index contributed by atoms with van der Waals surface area (Å²) in [6, 6.07) is -16.7. The maximum absolute atomic E-state index is 11.9. The Labute approximate surface area is 755 Å². The largest absolute Gasteiger partial charge is 0.393 e. The summed E-state index contributed by atoms with van der Waals surface area (Å²) in [5, 5.41) is 78.3. The van der Waals surface area contributed by atoms with E-state index in [1.165, 1.54) is 0 Å². The summed E-state index contributed by atoms with van der Waals surface area (Å²) in [6.07, 6.45) is -66.0. The average molecular weight is 1660 g/mol. The van der Waals surface area contributed by atoms with Gasteiger partial charge in [-0.25, -0.2) is 24.9 Å². The van der Waals surface area contributed by atoms with Gasteiger partial charge in [0.15, 0.2) is 0 Å². The topological polar surface area (TPSA) is 566 Å². The van der Waals surface area contributed by atoms with Gasteiger partial charge in [0.25, 0.3) is 29.5 Å². The highest BCUT2D eigenvalue weighted by Crippen LogP contribution is 2.34. The number of aromatic nitrogens is 10. The van der Waals surface area contributed by atoms with Crippen molar-refractivity contribution >= 4 is 88.4 Å². The van der Waals surface area contributed by atoms with Crippen LogP contribution in [0.25, 0.3) is 0 Å². The predicted octanol–water partition coefficient (Wildman–Crippen LogP) is 8.74. The normalized spacial score (nSPS) is 48.1. The molecule has 0 bridgehead atoms. The maximum atomic E-state index is 11.9. The van der Waals surface area contributed by atoms with Crippen LogP contribution in [0, 0.1) is 29.5 Å². The molecule has 5 aromatic heterocycles. The van der Waals surface area contributed by atoms with Crippen molar-refractivity contribution in [1.29, 1.82) is 0 Å². The number of primary amides is 5. The van der Waals surface area contributed by atoms with Gasteiger partial charge in [-0.3, -0.25) is 24.0 Å². The van der Waals surface area contributed by atoms with Crippen LogP contribution in [-0.4, -0.2) is 193 Å². The second-order valence-corrected chi connectivity index (χ2v) is 29.5. The Hall–Kier alpha value is -9.45. The predicted molar refractivity (Wildman–Crippen MR) is 452 cm³/mol. The van der Waals surface area contributed by atoms with Crippen molar-refractivity contribution in [3.8, 4) is 0 Å². The van der Waals surface area contributed by atoms with Gasteiger partial charge >= 0.3 is 0 Å². The molecule has 640 valence electrons. The second kappa shape index (κ2) is 40.9. The first kappa shape index (κ1) is 42.1. The number of carbonyl (C=O) groups is 5. The summed E-state index contributed by atoms with van der Waals surface area (Å²) in [5.74, 6) is -28.8.